The van der Waals surface area contributed by atoms with E-state index in [1.807, 2.05) is 4.90 Å². The molecule has 1 aromatic carbocycles. The number of nitrogens with zero attached hydrogens (tertiary/aromatic N) is 2. The van der Waals surface area contributed by atoms with Gasteiger partial charge in [-0.25, -0.2) is 17.2 Å². The Labute approximate surface area is 239 Å². The van der Waals surface area contributed by atoms with Crippen molar-refractivity contribution in [2.24, 2.45) is 0 Å². The van der Waals surface area contributed by atoms with Crippen molar-refractivity contribution in [1.29, 1.82) is 0 Å². The second kappa shape index (κ2) is 11.9. The maximum atomic E-state index is 13.8. The first-order chi connectivity index (χ1) is 19.2. The first kappa shape index (κ1) is 30.7. The van der Waals surface area contributed by atoms with Crippen molar-refractivity contribution in [3.05, 3.63) is 52.4 Å². The average Bonchev–Trinajstić information content (AvgIpc) is 3.24. The molecule has 2 heterocycles. The van der Waals surface area contributed by atoms with Crippen molar-refractivity contribution in [2.45, 2.75) is 63.3 Å². The van der Waals surface area contributed by atoms with Crippen LogP contribution >= 0.6 is 0 Å². The molecule has 1 saturated heterocycles. The third-order valence-electron chi connectivity index (χ3n) is 7.58. The van der Waals surface area contributed by atoms with Crippen molar-refractivity contribution in [3.8, 4) is 0 Å². The Hall–Kier alpha value is -3.26. The van der Waals surface area contributed by atoms with Crippen LogP contribution in [-0.2, 0) is 19.6 Å². The molecule has 1 aliphatic heterocycles. The van der Waals surface area contributed by atoms with Crippen LogP contribution in [0.4, 0.5) is 25.8 Å². The summed E-state index contributed by atoms with van der Waals surface area (Å²) in [5, 5.41) is 2.64. The Balaban J connectivity index is 1.61. The minimum absolute atomic E-state index is 0.0370. The van der Waals surface area contributed by atoms with Crippen LogP contribution in [0.1, 0.15) is 42.6 Å². The number of alkyl halides is 2. The first-order valence-electron chi connectivity index (χ1n) is 13.6. The van der Waals surface area contributed by atoms with Gasteiger partial charge in [0.1, 0.15) is 5.69 Å². The maximum absolute atomic E-state index is 13.8. The Morgan fingerprint density at radius 2 is 1.88 bits per heavy atom. The number of ether oxygens (including phenoxy) is 1. The number of aromatic nitrogens is 1. The van der Waals surface area contributed by atoms with Crippen LogP contribution in [0.5, 0.6) is 0 Å². The number of esters is 1. The summed E-state index contributed by atoms with van der Waals surface area (Å²) in [7, 11) is -5.45. The largest absolute Gasteiger partial charge is 0.465 e. The predicted octanol–water partition coefficient (Wildman–Crippen LogP) is 4.29. The van der Waals surface area contributed by atoms with Gasteiger partial charge in [0.15, 0.2) is 5.75 Å². The molecule has 2 aliphatic rings. The van der Waals surface area contributed by atoms with Gasteiger partial charge in [0, 0.05) is 38.2 Å². The smallest absolute Gasteiger partial charge is 0.323 e. The Morgan fingerprint density at radius 3 is 2.51 bits per heavy atom. The van der Waals surface area contributed by atoms with Crippen LogP contribution in [-0.4, -0.2) is 64.3 Å². The van der Waals surface area contributed by atoms with E-state index in [0.29, 0.717) is 18.8 Å². The quantitative estimate of drug-likeness (QED) is 0.320. The van der Waals surface area contributed by atoms with Crippen LogP contribution in [0.2, 0.25) is 25.2 Å². The van der Waals surface area contributed by atoms with Gasteiger partial charge >= 0.3 is 5.97 Å². The highest BCUT2D eigenvalue weighted by Crippen LogP contribution is 2.41. The van der Waals surface area contributed by atoms with Crippen molar-refractivity contribution < 1.29 is 31.5 Å². The molecular weight excluding hydrogens is 574 g/mol. The first-order valence-corrected chi connectivity index (χ1v) is 18.7. The molecule has 1 saturated carbocycles. The summed E-state index contributed by atoms with van der Waals surface area (Å²) in [5.41, 5.74) is 0.272. The van der Waals surface area contributed by atoms with Gasteiger partial charge < -0.3 is 19.5 Å². The molecule has 1 unspecified atom stereocenters. The normalized spacial score (nSPS) is 19.9. The summed E-state index contributed by atoms with van der Waals surface area (Å²) >= 11 is 0. The summed E-state index contributed by atoms with van der Waals surface area (Å²) < 4.78 is 61.1. The fraction of sp³-hybridized carbons (Fsp3) is 0.519. The summed E-state index contributed by atoms with van der Waals surface area (Å²) in [5.74, 6) is -5.15. The van der Waals surface area contributed by atoms with Gasteiger partial charge in [-0.2, -0.15) is 0 Å². The van der Waals surface area contributed by atoms with E-state index in [-0.39, 0.29) is 36.4 Å². The standard InChI is InChI=1S/C27H36F2N4O6SSi/c1-4-39-24(34)18-40(37,38)31-19-7-8-21(23(16-19)32-12-14-41(2,3)15-13-32)25(35)30-22-6-5-11-33(26(22)36)20-9-10-27(28,29)17-20/h5-8,11,16,20,31H,4,9-10,12-15,17-18H2,1-3H3,(H,30,35). The highest BCUT2D eigenvalue weighted by molar-refractivity contribution is 7.93. The van der Waals surface area contributed by atoms with E-state index < -0.39 is 59.7 Å². The molecular formula is C27H36F2N4O6SSi. The lowest BCUT2D eigenvalue weighted by atomic mass is 10.1. The molecule has 1 aromatic heterocycles. The molecule has 10 nitrogen and oxygen atoms in total. The van der Waals surface area contributed by atoms with Crippen LogP contribution in [0, 0.1) is 0 Å². The molecule has 1 aliphatic carbocycles. The molecule has 1 amide bonds. The fourth-order valence-electron chi connectivity index (χ4n) is 5.22. The molecule has 2 aromatic rings. The lowest BCUT2D eigenvalue weighted by Gasteiger charge is -2.38. The topological polar surface area (TPSA) is 127 Å². The lowest BCUT2D eigenvalue weighted by Crippen LogP contribution is -2.43. The molecule has 14 heteroatoms. The minimum Gasteiger partial charge on any atom is -0.465 e. The number of benzene rings is 1. The monoisotopic (exact) mass is 610 g/mol. The Morgan fingerprint density at radius 1 is 1.17 bits per heavy atom. The summed E-state index contributed by atoms with van der Waals surface area (Å²) in [6.45, 7) is 7.56. The van der Waals surface area contributed by atoms with Gasteiger partial charge in [0.2, 0.25) is 15.9 Å². The summed E-state index contributed by atoms with van der Waals surface area (Å²) in [6, 6.07) is 8.67. The third kappa shape index (κ3) is 7.73. The predicted molar refractivity (Wildman–Crippen MR) is 156 cm³/mol. The number of anilines is 3. The number of hydrogen-bond acceptors (Lipinski definition) is 7. The molecule has 0 bridgehead atoms. The maximum Gasteiger partial charge on any atom is 0.323 e. The van der Waals surface area contributed by atoms with E-state index in [9.17, 15) is 31.6 Å². The van der Waals surface area contributed by atoms with Crippen molar-refractivity contribution in [1.82, 2.24) is 4.57 Å². The van der Waals surface area contributed by atoms with E-state index in [0.717, 1.165) is 12.1 Å². The lowest BCUT2D eigenvalue weighted by molar-refractivity contribution is -0.139. The van der Waals surface area contributed by atoms with Crippen LogP contribution in [0.25, 0.3) is 0 Å². The molecule has 2 fully saturated rings. The number of pyridine rings is 1. The third-order valence-corrected chi connectivity index (χ3v) is 11.9. The minimum atomic E-state index is -4.06. The number of amides is 1. The molecule has 1 atom stereocenters. The van der Waals surface area contributed by atoms with Crippen LogP contribution in [0.3, 0.4) is 0 Å². The molecule has 0 radical (unpaired) electrons. The number of nitrogens with one attached hydrogen (secondary N) is 2. The fourth-order valence-corrected chi connectivity index (χ4v) is 8.17. The van der Waals surface area contributed by atoms with Gasteiger partial charge in [0.05, 0.1) is 31.6 Å². The number of hydrogen-bond donors (Lipinski definition) is 2. The number of sulfonamides is 1. The highest BCUT2D eigenvalue weighted by atomic mass is 32.2. The van der Waals surface area contributed by atoms with Crippen molar-refractivity contribution >= 4 is 47.0 Å². The number of carbonyl (C=O) groups excluding carboxylic acids is 2. The van der Waals surface area contributed by atoms with E-state index >= 15 is 0 Å². The summed E-state index contributed by atoms with van der Waals surface area (Å²) in [6.07, 6.45) is 0.884. The zero-order valence-electron chi connectivity index (χ0n) is 23.4. The zero-order chi connectivity index (χ0) is 30.0. The second-order valence-corrected chi connectivity index (χ2v) is 18.4. The Kier molecular flexibility index (Phi) is 8.92. The molecule has 2 N–H and O–H groups in total. The van der Waals surface area contributed by atoms with Gasteiger partial charge in [0.25, 0.3) is 11.5 Å². The number of rotatable bonds is 9. The van der Waals surface area contributed by atoms with E-state index in [1.165, 1.54) is 35.0 Å². The van der Waals surface area contributed by atoms with Gasteiger partial charge in [-0.05, 0) is 55.8 Å². The zero-order valence-corrected chi connectivity index (χ0v) is 25.2. The van der Waals surface area contributed by atoms with E-state index in [1.54, 1.807) is 13.0 Å². The van der Waals surface area contributed by atoms with Crippen molar-refractivity contribution in [2.75, 3.05) is 40.4 Å². The number of carbonyl (C=O) groups is 2. The van der Waals surface area contributed by atoms with Gasteiger partial charge in [-0.1, -0.05) is 13.1 Å². The second-order valence-electron chi connectivity index (χ2n) is 11.4. The van der Waals surface area contributed by atoms with Gasteiger partial charge in [-0.3, -0.25) is 19.1 Å². The molecule has 4 rings (SSSR count). The van der Waals surface area contributed by atoms with E-state index in [4.69, 9.17) is 4.74 Å². The SMILES string of the molecule is CCOC(=O)CS(=O)(=O)Nc1ccc(C(=O)Nc2cccn(C3CCC(F)(F)C3)c2=O)c(N2CC[Si](C)(C)CC2)c1. The molecule has 224 valence electrons. The highest BCUT2D eigenvalue weighted by Gasteiger charge is 2.40. The number of halogens is 2. The Bertz CT molecular complexity index is 1470. The molecule has 41 heavy (non-hydrogen) atoms. The van der Waals surface area contributed by atoms with Crippen LogP contribution < -0.4 is 20.5 Å². The average molecular weight is 611 g/mol. The molecule has 0 spiro atoms. The summed E-state index contributed by atoms with van der Waals surface area (Å²) in [4.78, 5) is 40.4. The van der Waals surface area contributed by atoms with E-state index in [2.05, 4.69) is 23.1 Å². The van der Waals surface area contributed by atoms with Gasteiger partial charge in [-0.15, -0.1) is 0 Å². The van der Waals surface area contributed by atoms with Crippen molar-refractivity contribution in [3.63, 3.8) is 0 Å². The van der Waals surface area contributed by atoms with Crippen LogP contribution in [0.15, 0.2) is 41.3 Å².